The van der Waals surface area contributed by atoms with Crippen molar-refractivity contribution in [2.24, 2.45) is 0 Å². The molecule has 0 atom stereocenters. The Bertz CT molecular complexity index is 793. The molecule has 0 fully saturated rings. The highest BCUT2D eigenvalue weighted by Gasteiger charge is 2.10. The van der Waals surface area contributed by atoms with Crippen LogP contribution in [-0.4, -0.2) is 16.6 Å². The van der Waals surface area contributed by atoms with Gasteiger partial charge in [0.15, 0.2) is 11.6 Å². The standard InChI is InChI=1S/C14H11ClFN3OS/c1-2-20-11-4-3-8(7-10(11)16)17-12-9-5-6-21-13(9)19-14(15)18-12/h3-7H,2H2,1H3,(H,17,18,19). The molecule has 0 saturated carbocycles. The second-order valence-corrected chi connectivity index (χ2v) is 5.42. The van der Waals surface area contributed by atoms with Gasteiger partial charge in [-0.3, -0.25) is 0 Å². The van der Waals surface area contributed by atoms with Gasteiger partial charge < -0.3 is 10.1 Å². The van der Waals surface area contributed by atoms with Crippen LogP contribution in [0.25, 0.3) is 10.2 Å². The third-order valence-corrected chi connectivity index (χ3v) is 3.77. The Labute approximate surface area is 129 Å². The molecular formula is C14H11ClFN3OS. The van der Waals surface area contributed by atoms with E-state index in [9.17, 15) is 4.39 Å². The van der Waals surface area contributed by atoms with Crippen molar-refractivity contribution in [1.29, 1.82) is 0 Å². The average Bonchev–Trinajstić information content (AvgIpc) is 2.90. The van der Waals surface area contributed by atoms with Crippen LogP contribution in [0, 0.1) is 5.82 Å². The molecule has 0 radical (unpaired) electrons. The first-order chi connectivity index (χ1) is 10.2. The molecule has 0 aliphatic carbocycles. The summed E-state index contributed by atoms with van der Waals surface area (Å²) in [4.78, 5) is 9.07. The van der Waals surface area contributed by atoms with E-state index in [2.05, 4.69) is 15.3 Å². The van der Waals surface area contributed by atoms with Gasteiger partial charge in [-0.25, -0.2) is 9.37 Å². The highest BCUT2D eigenvalue weighted by molar-refractivity contribution is 7.16. The number of anilines is 2. The highest BCUT2D eigenvalue weighted by Crippen LogP contribution is 2.30. The van der Waals surface area contributed by atoms with Crippen LogP contribution in [0.5, 0.6) is 5.75 Å². The Hall–Kier alpha value is -1.92. The number of hydrogen-bond donors (Lipinski definition) is 1. The van der Waals surface area contributed by atoms with Crippen molar-refractivity contribution in [3.63, 3.8) is 0 Å². The van der Waals surface area contributed by atoms with Crippen LogP contribution in [-0.2, 0) is 0 Å². The van der Waals surface area contributed by atoms with Gasteiger partial charge in [-0.2, -0.15) is 4.98 Å². The lowest BCUT2D eigenvalue weighted by Crippen LogP contribution is -1.98. The topological polar surface area (TPSA) is 47.0 Å². The smallest absolute Gasteiger partial charge is 0.225 e. The number of aromatic nitrogens is 2. The molecule has 3 rings (SSSR count). The summed E-state index contributed by atoms with van der Waals surface area (Å²) in [6.07, 6.45) is 0. The number of hydrogen-bond acceptors (Lipinski definition) is 5. The van der Waals surface area contributed by atoms with E-state index >= 15 is 0 Å². The zero-order valence-electron chi connectivity index (χ0n) is 11.1. The number of nitrogens with zero attached hydrogens (tertiary/aromatic N) is 2. The van der Waals surface area contributed by atoms with Gasteiger partial charge in [-0.05, 0) is 42.1 Å². The minimum absolute atomic E-state index is 0.152. The fourth-order valence-electron chi connectivity index (χ4n) is 1.91. The predicted molar refractivity (Wildman–Crippen MR) is 83.3 cm³/mol. The minimum atomic E-state index is -0.427. The zero-order valence-corrected chi connectivity index (χ0v) is 12.6. The number of thiophene rings is 1. The normalized spacial score (nSPS) is 10.8. The summed E-state index contributed by atoms with van der Waals surface area (Å²) in [5, 5.41) is 5.96. The molecule has 2 aromatic heterocycles. The summed E-state index contributed by atoms with van der Waals surface area (Å²) in [7, 11) is 0. The van der Waals surface area contributed by atoms with Crippen molar-refractivity contribution in [2.45, 2.75) is 6.92 Å². The van der Waals surface area contributed by atoms with E-state index in [1.54, 1.807) is 12.1 Å². The second-order valence-electron chi connectivity index (χ2n) is 4.18. The molecule has 1 aromatic carbocycles. The van der Waals surface area contributed by atoms with Gasteiger partial charge in [0, 0.05) is 11.8 Å². The van der Waals surface area contributed by atoms with Crippen LogP contribution in [0.15, 0.2) is 29.6 Å². The first kappa shape index (κ1) is 14.0. The zero-order chi connectivity index (χ0) is 14.8. The van der Waals surface area contributed by atoms with Crippen molar-refractivity contribution in [3.05, 3.63) is 40.7 Å². The van der Waals surface area contributed by atoms with Gasteiger partial charge in [0.2, 0.25) is 5.28 Å². The molecule has 3 aromatic rings. The quantitative estimate of drug-likeness (QED) is 0.711. The van der Waals surface area contributed by atoms with Crippen molar-refractivity contribution < 1.29 is 9.13 Å². The molecule has 0 saturated heterocycles. The maximum absolute atomic E-state index is 13.9. The molecule has 0 spiro atoms. The molecule has 2 heterocycles. The number of benzene rings is 1. The lowest BCUT2D eigenvalue weighted by molar-refractivity contribution is 0.321. The Balaban J connectivity index is 1.95. The third-order valence-electron chi connectivity index (χ3n) is 2.79. The van der Waals surface area contributed by atoms with Gasteiger partial charge in [-0.1, -0.05) is 0 Å². The van der Waals surface area contributed by atoms with Gasteiger partial charge in [-0.15, -0.1) is 11.3 Å². The number of nitrogens with one attached hydrogen (secondary N) is 1. The monoisotopic (exact) mass is 323 g/mol. The van der Waals surface area contributed by atoms with Crippen molar-refractivity contribution >= 4 is 44.7 Å². The Morgan fingerprint density at radius 2 is 2.19 bits per heavy atom. The number of ether oxygens (including phenoxy) is 1. The summed E-state index contributed by atoms with van der Waals surface area (Å²) in [6, 6.07) is 6.56. The highest BCUT2D eigenvalue weighted by atomic mass is 35.5. The maximum Gasteiger partial charge on any atom is 0.225 e. The average molecular weight is 324 g/mol. The van der Waals surface area contributed by atoms with Crippen LogP contribution in [0.4, 0.5) is 15.9 Å². The molecule has 0 amide bonds. The summed E-state index contributed by atoms with van der Waals surface area (Å²) in [5.74, 6) is 0.350. The molecule has 4 nitrogen and oxygen atoms in total. The fourth-order valence-corrected chi connectivity index (χ4v) is 2.90. The summed E-state index contributed by atoms with van der Waals surface area (Å²) in [5.41, 5.74) is 0.568. The second kappa shape index (κ2) is 5.83. The van der Waals surface area contributed by atoms with E-state index in [0.717, 1.165) is 10.2 Å². The van der Waals surface area contributed by atoms with Crippen molar-refractivity contribution in [1.82, 2.24) is 9.97 Å². The summed E-state index contributed by atoms with van der Waals surface area (Å²) in [6.45, 7) is 2.22. The van der Waals surface area contributed by atoms with Gasteiger partial charge in [0.05, 0.1) is 12.0 Å². The lowest BCUT2D eigenvalue weighted by atomic mass is 10.2. The molecule has 108 valence electrons. The lowest BCUT2D eigenvalue weighted by Gasteiger charge is -2.09. The Kier molecular flexibility index (Phi) is 3.90. The fraction of sp³-hybridized carbons (Fsp3) is 0.143. The molecule has 0 unspecified atom stereocenters. The van der Waals surface area contributed by atoms with E-state index < -0.39 is 5.82 Å². The van der Waals surface area contributed by atoms with Crippen LogP contribution >= 0.6 is 22.9 Å². The molecule has 21 heavy (non-hydrogen) atoms. The van der Waals surface area contributed by atoms with Crippen LogP contribution in [0.3, 0.4) is 0 Å². The van der Waals surface area contributed by atoms with E-state index in [1.165, 1.54) is 17.4 Å². The largest absolute Gasteiger partial charge is 0.491 e. The van der Waals surface area contributed by atoms with Gasteiger partial charge >= 0.3 is 0 Å². The first-order valence-electron chi connectivity index (χ1n) is 6.27. The van der Waals surface area contributed by atoms with Crippen LogP contribution in [0.1, 0.15) is 6.92 Å². The first-order valence-corrected chi connectivity index (χ1v) is 7.53. The van der Waals surface area contributed by atoms with E-state index in [4.69, 9.17) is 16.3 Å². The van der Waals surface area contributed by atoms with Crippen LogP contribution < -0.4 is 10.1 Å². The molecule has 0 bridgehead atoms. The third kappa shape index (κ3) is 2.91. The molecule has 1 N–H and O–H groups in total. The summed E-state index contributed by atoms with van der Waals surface area (Å²) >= 11 is 7.36. The van der Waals surface area contributed by atoms with Crippen molar-refractivity contribution in [3.8, 4) is 5.75 Å². The molecular weight excluding hydrogens is 313 g/mol. The Morgan fingerprint density at radius 1 is 1.33 bits per heavy atom. The van der Waals surface area contributed by atoms with Crippen LogP contribution in [0.2, 0.25) is 5.28 Å². The van der Waals surface area contributed by atoms with Gasteiger partial charge in [0.1, 0.15) is 10.6 Å². The van der Waals surface area contributed by atoms with E-state index in [1.807, 2.05) is 18.4 Å². The number of fused-ring (bicyclic) bond motifs is 1. The number of rotatable bonds is 4. The van der Waals surface area contributed by atoms with Crippen molar-refractivity contribution in [2.75, 3.05) is 11.9 Å². The Morgan fingerprint density at radius 3 is 2.95 bits per heavy atom. The predicted octanol–water partition coefficient (Wildman–Crippen LogP) is 4.63. The molecule has 7 heteroatoms. The minimum Gasteiger partial charge on any atom is -0.491 e. The number of halogens is 2. The summed E-state index contributed by atoms with van der Waals surface area (Å²) < 4.78 is 19.0. The SMILES string of the molecule is CCOc1ccc(Nc2nc(Cl)nc3sccc23)cc1F. The maximum atomic E-state index is 13.9. The molecule has 0 aliphatic heterocycles. The van der Waals surface area contributed by atoms with E-state index in [-0.39, 0.29) is 11.0 Å². The molecule has 0 aliphatic rings. The van der Waals surface area contributed by atoms with E-state index in [0.29, 0.717) is 18.1 Å². The van der Waals surface area contributed by atoms with Gasteiger partial charge in [0.25, 0.3) is 0 Å².